The summed E-state index contributed by atoms with van der Waals surface area (Å²) in [4.78, 5) is 18.8. The number of methoxy groups -OCH3 is 2. The Morgan fingerprint density at radius 2 is 2.10 bits per heavy atom. The molecule has 1 amide bonds. The van der Waals surface area contributed by atoms with Gasteiger partial charge in [-0.1, -0.05) is 0 Å². The van der Waals surface area contributed by atoms with Crippen LogP contribution in [0, 0.1) is 0 Å². The van der Waals surface area contributed by atoms with Crippen LogP contribution in [0.5, 0.6) is 5.88 Å². The van der Waals surface area contributed by atoms with E-state index in [0.717, 1.165) is 43.3 Å². The van der Waals surface area contributed by atoms with Gasteiger partial charge in [-0.15, -0.1) is 0 Å². The second-order valence-electron chi connectivity index (χ2n) is 8.59. The number of rotatable bonds is 6. The fourth-order valence-electron chi connectivity index (χ4n) is 4.01. The molecule has 0 spiro atoms. The van der Waals surface area contributed by atoms with Crippen molar-refractivity contribution in [2.75, 3.05) is 33.9 Å². The number of pyridine rings is 1. The number of piperidine rings is 1. The highest BCUT2D eigenvalue weighted by molar-refractivity contribution is 5.86. The van der Waals surface area contributed by atoms with Gasteiger partial charge in [0.25, 0.3) is 0 Å². The van der Waals surface area contributed by atoms with Crippen LogP contribution in [0.2, 0.25) is 0 Å². The summed E-state index contributed by atoms with van der Waals surface area (Å²) >= 11 is 0. The van der Waals surface area contributed by atoms with E-state index in [0.29, 0.717) is 19.0 Å². The molecule has 0 aliphatic carbocycles. The first-order valence-corrected chi connectivity index (χ1v) is 10.3. The number of nitrogens with zero attached hydrogens (tertiary/aromatic N) is 3. The molecule has 29 heavy (non-hydrogen) atoms. The summed E-state index contributed by atoms with van der Waals surface area (Å²) < 4.78 is 18.7. The van der Waals surface area contributed by atoms with Gasteiger partial charge in [0.05, 0.1) is 18.0 Å². The van der Waals surface area contributed by atoms with Crippen LogP contribution in [-0.4, -0.2) is 60.1 Å². The second kappa shape index (κ2) is 9.03. The van der Waals surface area contributed by atoms with Crippen LogP contribution in [-0.2, 0) is 16.0 Å². The molecule has 1 saturated heterocycles. The Kier molecular flexibility index (Phi) is 6.67. The molecule has 0 saturated carbocycles. The van der Waals surface area contributed by atoms with Crippen molar-refractivity contribution < 1.29 is 19.0 Å². The predicted octanol–water partition coefficient (Wildman–Crippen LogP) is 4.20. The molecule has 0 aromatic carbocycles. The van der Waals surface area contributed by atoms with Gasteiger partial charge in [-0.25, -0.2) is 9.78 Å². The van der Waals surface area contributed by atoms with Gasteiger partial charge in [0, 0.05) is 51.2 Å². The highest BCUT2D eigenvalue weighted by atomic mass is 16.6. The molecule has 7 nitrogen and oxygen atoms in total. The number of hydrogen-bond acceptors (Lipinski definition) is 5. The maximum absolute atomic E-state index is 12.6. The number of hydrogen-bond donors (Lipinski definition) is 0. The molecule has 2 aromatic heterocycles. The van der Waals surface area contributed by atoms with Gasteiger partial charge in [0.2, 0.25) is 5.88 Å². The third kappa shape index (κ3) is 5.01. The standard InChI is InChI=1S/C22H33N3O4/c1-22(2,3)29-21(26)24-11-6-8-16(15-24)19-14-17-18(9-10-23-20(17)28-5)25(19)12-7-13-27-4/h9-10,14,16H,6-8,11-13,15H2,1-5H3. The number of likely N-dealkylation sites (tertiary alicyclic amines) is 1. The SMILES string of the molecule is COCCCn1c(C2CCCN(C(=O)OC(C)(C)C)C2)cc2c(OC)nccc21. The molecule has 3 rings (SSSR count). The Labute approximate surface area is 172 Å². The minimum Gasteiger partial charge on any atom is -0.481 e. The Hall–Kier alpha value is -2.28. The zero-order chi connectivity index (χ0) is 21.0. The molecule has 1 unspecified atom stereocenters. The number of ether oxygens (including phenoxy) is 3. The zero-order valence-corrected chi connectivity index (χ0v) is 18.2. The van der Waals surface area contributed by atoms with Crippen LogP contribution < -0.4 is 4.74 Å². The van der Waals surface area contributed by atoms with Crippen molar-refractivity contribution in [3.63, 3.8) is 0 Å². The van der Waals surface area contributed by atoms with E-state index in [1.165, 1.54) is 5.69 Å². The molecule has 3 heterocycles. The van der Waals surface area contributed by atoms with E-state index < -0.39 is 5.60 Å². The van der Waals surface area contributed by atoms with Crippen LogP contribution in [0.15, 0.2) is 18.3 Å². The Morgan fingerprint density at radius 3 is 2.79 bits per heavy atom. The molecular formula is C22H33N3O4. The minimum atomic E-state index is -0.488. The van der Waals surface area contributed by atoms with E-state index in [-0.39, 0.29) is 12.0 Å². The van der Waals surface area contributed by atoms with Crippen molar-refractivity contribution in [1.29, 1.82) is 0 Å². The molecule has 7 heteroatoms. The van der Waals surface area contributed by atoms with E-state index in [1.54, 1.807) is 20.4 Å². The lowest BCUT2D eigenvalue weighted by molar-refractivity contribution is 0.0196. The van der Waals surface area contributed by atoms with Crippen molar-refractivity contribution in [2.24, 2.45) is 0 Å². The Bertz CT molecular complexity index is 840. The van der Waals surface area contributed by atoms with Gasteiger partial charge in [0.15, 0.2) is 0 Å². The van der Waals surface area contributed by atoms with Crippen LogP contribution in [0.25, 0.3) is 10.9 Å². The number of amides is 1. The van der Waals surface area contributed by atoms with Crippen LogP contribution >= 0.6 is 0 Å². The van der Waals surface area contributed by atoms with Gasteiger partial charge in [-0.3, -0.25) is 0 Å². The fourth-order valence-corrected chi connectivity index (χ4v) is 4.01. The van der Waals surface area contributed by atoms with E-state index in [1.807, 2.05) is 31.7 Å². The van der Waals surface area contributed by atoms with E-state index >= 15 is 0 Å². The second-order valence-corrected chi connectivity index (χ2v) is 8.59. The summed E-state index contributed by atoms with van der Waals surface area (Å²) in [5.41, 5.74) is 1.84. The molecule has 0 bridgehead atoms. The summed E-state index contributed by atoms with van der Waals surface area (Å²) in [5.74, 6) is 0.880. The lowest BCUT2D eigenvalue weighted by Crippen LogP contribution is -2.42. The first-order chi connectivity index (χ1) is 13.8. The lowest BCUT2D eigenvalue weighted by Gasteiger charge is -2.34. The average molecular weight is 404 g/mol. The first-order valence-electron chi connectivity index (χ1n) is 10.3. The van der Waals surface area contributed by atoms with E-state index in [4.69, 9.17) is 14.2 Å². The van der Waals surface area contributed by atoms with Crippen molar-refractivity contribution in [1.82, 2.24) is 14.5 Å². The predicted molar refractivity (Wildman–Crippen MR) is 113 cm³/mol. The molecule has 1 aliphatic rings. The largest absolute Gasteiger partial charge is 0.481 e. The van der Waals surface area contributed by atoms with Gasteiger partial charge in [0.1, 0.15) is 5.60 Å². The Morgan fingerprint density at radius 1 is 1.31 bits per heavy atom. The lowest BCUT2D eigenvalue weighted by atomic mass is 9.94. The van der Waals surface area contributed by atoms with Gasteiger partial charge >= 0.3 is 6.09 Å². The Balaban J connectivity index is 1.90. The minimum absolute atomic E-state index is 0.233. The molecule has 1 fully saturated rings. The monoisotopic (exact) mass is 403 g/mol. The maximum Gasteiger partial charge on any atom is 0.410 e. The fraction of sp³-hybridized carbons (Fsp3) is 0.636. The summed E-state index contributed by atoms with van der Waals surface area (Å²) in [7, 11) is 3.37. The third-order valence-corrected chi connectivity index (χ3v) is 5.24. The zero-order valence-electron chi connectivity index (χ0n) is 18.2. The highest BCUT2D eigenvalue weighted by Crippen LogP contribution is 2.35. The maximum atomic E-state index is 12.6. The van der Waals surface area contributed by atoms with Gasteiger partial charge in [-0.2, -0.15) is 0 Å². The molecule has 0 N–H and O–H groups in total. The van der Waals surface area contributed by atoms with Crippen molar-refractivity contribution >= 4 is 17.0 Å². The van der Waals surface area contributed by atoms with Crippen molar-refractivity contribution in [2.45, 2.75) is 58.1 Å². The first kappa shape index (κ1) is 21.4. The van der Waals surface area contributed by atoms with Crippen molar-refractivity contribution in [3.8, 4) is 5.88 Å². The molecule has 1 atom stereocenters. The van der Waals surface area contributed by atoms with E-state index in [2.05, 4.69) is 15.6 Å². The number of carbonyl (C=O) groups excluding carboxylic acids is 1. The summed E-state index contributed by atoms with van der Waals surface area (Å²) in [6.45, 7) is 8.65. The van der Waals surface area contributed by atoms with Gasteiger partial charge < -0.3 is 23.7 Å². The number of aromatic nitrogens is 2. The molecule has 1 aliphatic heterocycles. The van der Waals surface area contributed by atoms with Gasteiger partial charge in [-0.05, 0) is 52.2 Å². The third-order valence-electron chi connectivity index (χ3n) is 5.24. The molecule has 160 valence electrons. The highest BCUT2D eigenvalue weighted by Gasteiger charge is 2.30. The van der Waals surface area contributed by atoms with Crippen LogP contribution in [0.3, 0.4) is 0 Å². The average Bonchev–Trinajstić information content (AvgIpc) is 3.06. The number of carbonyl (C=O) groups is 1. The normalized spacial score (nSPS) is 17.6. The summed E-state index contributed by atoms with van der Waals surface area (Å²) in [6, 6.07) is 4.21. The number of fused-ring (bicyclic) bond motifs is 1. The van der Waals surface area contributed by atoms with E-state index in [9.17, 15) is 4.79 Å². The van der Waals surface area contributed by atoms with Crippen LogP contribution in [0.4, 0.5) is 4.79 Å². The van der Waals surface area contributed by atoms with Crippen molar-refractivity contribution in [3.05, 3.63) is 24.0 Å². The molecular weight excluding hydrogens is 370 g/mol. The van der Waals surface area contributed by atoms with Crippen LogP contribution in [0.1, 0.15) is 51.6 Å². The summed E-state index contributed by atoms with van der Waals surface area (Å²) in [6.07, 6.45) is 4.46. The molecule has 0 radical (unpaired) electrons. The number of aryl methyl sites for hydroxylation is 1. The molecule has 2 aromatic rings. The summed E-state index contributed by atoms with van der Waals surface area (Å²) in [5, 5.41) is 1.01. The topological polar surface area (TPSA) is 65.8 Å². The smallest absolute Gasteiger partial charge is 0.410 e. The quantitative estimate of drug-likeness (QED) is 0.677.